The lowest BCUT2D eigenvalue weighted by molar-refractivity contribution is -0.138. The van der Waals surface area contributed by atoms with Crippen LogP contribution in [0.2, 0.25) is 0 Å². The van der Waals surface area contributed by atoms with Gasteiger partial charge in [-0.1, -0.05) is 37.1 Å². The number of pyridine rings is 1. The lowest BCUT2D eigenvalue weighted by Gasteiger charge is -2.54. The first-order valence-electron chi connectivity index (χ1n) is 39.5. The molecule has 11 aliphatic rings. The van der Waals surface area contributed by atoms with E-state index in [-0.39, 0.29) is 89.0 Å². The van der Waals surface area contributed by atoms with Gasteiger partial charge in [-0.05, 0) is 198 Å². The first-order chi connectivity index (χ1) is 53.1. The van der Waals surface area contributed by atoms with Gasteiger partial charge in [0.05, 0.1) is 9.79 Å². The average molecular weight is 1550 g/mol. The van der Waals surface area contributed by atoms with Crippen LogP contribution in [0.15, 0.2) is 118 Å². The Kier molecular flexibility index (Phi) is 20.5. The number of anilines is 3. The summed E-state index contributed by atoms with van der Waals surface area (Å²) in [6.07, 6.45) is 12.5. The molecule has 10 aliphatic heterocycles. The molecule has 588 valence electrons. The molecule has 2 aromatic heterocycles. The van der Waals surface area contributed by atoms with Gasteiger partial charge in [0.25, 0.3) is 17.4 Å². The summed E-state index contributed by atoms with van der Waals surface area (Å²) in [5.41, 5.74) is 7.72. The van der Waals surface area contributed by atoms with Crippen LogP contribution in [0.25, 0.3) is 11.0 Å². The minimum Gasteiger partial charge on any atom is -0.465 e. The zero-order valence-electron chi connectivity index (χ0n) is 63.4. The zero-order valence-corrected chi connectivity index (χ0v) is 65.0. The monoisotopic (exact) mass is 1550 g/mol. The lowest BCUT2D eigenvalue weighted by Crippen LogP contribution is -2.59. The van der Waals surface area contributed by atoms with E-state index in [9.17, 15) is 60.3 Å². The van der Waals surface area contributed by atoms with Gasteiger partial charge in [0.15, 0.2) is 0 Å². The number of rotatable bonds is 16. The van der Waals surface area contributed by atoms with E-state index in [1.807, 2.05) is 79.9 Å². The first-order valence-corrected chi connectivity index (χ1v) is 42.4. The summed E-state index contributed by atoms with van der Waals surface area (Å²) < 4.78 is 59.9. The molecule has 4 N–H and O–H groups in total. The first kappa shape index (κ1) is 75.8. The largest absolute Gasteiger partial charge is 0.465 e. The maximum Gasteiger partial charge on any atom is 0.407 e. The third-order valence-electron chi connectivity index (χ3n) is 25.4. The maximum atomic E-state index is 13.9. The molecule has 2 atom stereocenters. The van der Waals surface area contributed by atoms with Crippen LogP contribution < -0.4 is 31.3 Å². The van der Waals surface area contributed by atoms with E-state index in [4.69, 9.17) is 4.98 Å². The Hall–Kier alpha value is -9.20. The summed E-state index contributed by atoms with van der Waals surface area (Å²) in [6.45, 7) is 16.5. The Bertz CT molecular complexity index is 4980. The van der Waals surface area contributed by atoms with Crippen LogP contribution in [0, 0.1) is 10.8 Å². The number of hydrogen-bond acceptors (Lipinski definition) is 19. The van der Waals surface area contributed by atoms with Crippen LogP contribution in [0.4, 0.5) is 22.1 Å². The van der Waals surface area contributed by atoms with Crippen LogP contribution >= 0.6 is 0 Å². The van der Waals surface area contributed by atoms with Crippen LogP contribution in [0.1, 0.15) is 173 Å². The zero-order chi connectivity index (χ0) is 77.5. The average Bonchev–Trinajstić information content (AvgIpc) is 1.74. The van der Waals surface area contributed by atoms with Gasteiger partial charge >= 0.3 is 6.09 Å². The van der Waals surface area contributed by atoms with Gasteiger partial charge in [-0.3, -0.25) is 58.6 Å². The van der Waals surface area contributed by atoms with E-state index < -0.39 is 55.6 Å². The number of aromatic nitrogens is 3. The van der Waals surface area contributed by atoms with E-state index in [2.05, 4.69) is 52.7 Å². The Morgan fingerprint density at radius 2 is 1.05 bits per heavy atom. The van der Waals surface area contributed by atoms with Crippen molar-refractivity contribution >= 4 is 89.9 Å². The van der Waals surface area contributed by atoms with E-state index in [1.54, 1.807) is 50.6 Å². The summed E-state index contributed by atoms with van der Waals surface area (Å²) in [5, 5.41) is 18.8. The number of likely N-dealkylation sites (tertiary alicyclic amines) is 2. The number of nitrogens with zero attached hydrogens (tertiary/aromatic N) is 12. The van der Waals surface area contributed by atoms with Crippen molar-refractivity contribution in [1.82, 2.24) is 58.3 Å². The SMILES string of the molecule is CC(C)(C)N(C(=O)O)C1CCN(S(=O)(=O)c2cccc(CN3CC4(CCN(c5ccc6c(c5)CN(C5CCC(=O)NC5=O)C6=O)CC4)C3)c2)CC1.O=C1CCC(N2Cc3cc(N4CCC5(CC4)CN(Cc4cccc(S(=O)(=O)N6CCC(Nc7ncc8ccc(=O)n(C9CCCC9)c8n7)CC6)c4)C5)ccc3C2=O)C(=O)N1. The molecule has 28 nitrogen and oxygen atoms in total. The highest BCUT2D eigenvalue weighted by atomic mass is 32.2. The molecule has 2 unspecified atom stereocenters. The van der Waals surface area contributed by atoms with Crippen molar-refractivity contribution in [3.63, 3.8) is 0 Å². The number of fused-ring (bicyclic) bond motifs is 3. The van der Waals surface area contributed by atoms with E-state index in [0.717, 1.165) is 143 Å². The molecular formula is C81H99N15O13S2. The minimum atomic E-state index is -3.70. The quantitative estimate of drug-likeness (QED) is 0.0681. The number of nitrogens with one attached hydrogen (secondary N) is 3. The topological polar surface area (TPSA) is 321 Å². The molecule has 111 heavy (non-hydrogen) atoms. The van der Waals surface area contributed by atoms with Gasteiger partial charge in [0, 0.05) is 181 Å². The fraction of sp³-hybridized carbons (Fsp3) is 0.531. The predicted octanol–water partition coefficient (Wildman–Crippen LogP) is 7.52. The number of carbonyl (C=O) groups is 7. The van der Waals surface area contributed by atoms with Crippen molar-refractivity contribution in [1.29, 1.82) is 0 Å². The fourth-order valence-corrected chi connectivity index (χ4v) is 22.5. The van der Waals surface area contributed by atoms with Gasteiger partial charge in [0.1, 0.15) is 17.7 Å². The van der Waals surface area contributed by atoms with Crippen LogP contribution in [-0.4, -0.2) is 219 Å². The smallest absolute Gasteiger partial charge is 0.407 e. The Morgan fingerprint density at radius 3 is 1.50 bits per heavy atom. The van der Waals surface area contributed by atoms with Crippen molar-refractivity contribution in [2.45, 2.75) is 195 Å². The Labute approximate surface area is 646 Å². The molecule has 9 fully saturated rings. The second-order valence-corrected chi connectivity index (χ2v) is 37.7. The molecule has 6 aromatic rings. The van der Waals surface area contributed by atoms with E-state index >= 15 is 0 Å². The van der Waals surface area contributed by atoms with Gasteiger partial charge in [-0.2, -0.15) is 13.6 Å². The summed E-state index contributed by atoms with van der Waals surface area (Å²) in [4.78, 5) is 123. The number of imide groups is 2. The highest BCUT2D eigenvalue weighted by Gasteiger charge is 2.48. The number of sulfonamides is 2. The van der Waals surface area contributed by atoms with Crippen LogP contribution in [0.3, 0.4) is 0 Å². The molecule has 7 amide bonds. The normalized spacial score (nSPS) is 23.1. The maximum absolute atomic E-state index is 13.9. The van der Waals surface area contributed by atoms with Crippen molar-refractivity contribution in [3.8, 4) is 0 Å². The van der Waals surface area contributed by atoms with Crippen LogP contribution in [0.5, 0.6) is 0 Å². The summed E-state index contributed by atoms with van der Waals surface area (Å²) in [6, 6.07) is 28.6. The van der Waals surface area contributed by atoms with Crippen LogP contribution in [-0.2, 0) is 65.4 Å². The Balaban J connectivity index is 0.000000171. The number of hydrogen-bond donors (Lipinski definition) is 4. The number of amides is 7. The third-order valence-corrected chi connectivity index (χ3v) is 29.2. The van der Waals surface area contributed by atoms with Gasteiger partial charge in [-0.15, -0.1) is 0 Å². The van der Waals surface area contributed by atoms with Crippen molar-refractivity contribution in [3.05, 3.63) is 147 Å². The Morgan fingerprint density at radius 1 is 0.577 bits per heavy atom. The van der Waals surface area contributed by atoms with Crippen molar-refractivity contribution < 1.29 is 55.5 Å². The van der Waals surface area contributed by atoms with Crippen molar-refractivity contribution in [2.24, 2.45) is 10.8 Å². The molecule has 30 heteroatoms. The highest BCUT2D eigenvalue weighted by Crippen LogP contribution is 2.45. The van der Waals surface area contributed by atoms with Gasteiger partial charge in [-0.25, -0.2) is 26.6 Å². The van der Waals surface area contributed by atoms with Crippen molar-refractivity contribution in [2.75, 3.05) is 93.7 Å². The van der Waals surface area contributed by atoms with E-state index in [1.165, 1.54) is 9.21 Å². The summed E-state index contributed by atoms with van der Waals surface area (Å²) >= 11 is 0. The second kappa shape index (κ2) is 30.0. The summed E-state index contributed by atoms with van der Waals surface area (Å²) in [7, 11) is -7.37. The molecule has 12 heterocycles. The molecular weight excluding hydrogens is 1460 g/mol. The number of benzene rings is 4. The fourth-order valence-electron chi connectivity index (χ4n) is 19.5. The number of carbonyl (C=O) groups excluding carboxylic acids is 6. The highest BCUT2D eigenvalue weighted by molar-refractivity contribution is 7.89. The predicted molar refractivity (Wildman–Crippen MR) is 414 cm³/mol. The standard InChI is InChI=1S/C44H51N9O6S.C37H48N6O7S/c54-38-12-11-37(41(56)47-38)52-26-31-23-34(9-10-36(31)42(52)57)50-20-16-44(17-21-50)27-49(28-44)25-29-4-3-7-35(22-29)60(58,59)51-18-14-32(15-19-51)46-43-45-24-30-8-13-39(55)53(40(30)48-43)33-5-1-2-6-33;1-36(2,3)43(35(47)48)27-11-15-41(16-12-27)51(49,50)29-6-4-5-25(19-29)21-39-23-37(24-39)13-17-40(18-14-37)28-7-8-30-26(20-28)22-42(34(30)46)31-9-10-32(44)38-33(31)45/h3-4,7-10,13,22-24,32-33,37H,1-2,5-6,11-12,14-21,25-28H2,(H,45,46,48)(H,47,54,56);4-8,19-20,27,31H,9-18,21-24H2,1-3H3,(H,47,48)(H,38,44,45). The minimum absolute atomic E-state index is 0.0121. The molecule has 2 spiro atoms. The molecule has 0 radical (unpaired) electrons. The molecule has 1 saturated carbocycles. The van der Waals surface area contributed by atoms with Gasteiger partial charge in [0.2, 0.25) is 49.6 Å². The molecule has 4 aromatic carbocycles. The number of carboxylic acid groups (broad SMARTS) is 1. The lowest BCUT2D eigenvalue weighted by atomic mass is 9.71. The van der Waals surface area contributed by atoms with Gasteiger partial charge < -0.3 is 34.9 Å². The second-order valence-electron chi connectivity index (χ2n) is 33.8. The molecule has 8 saturated heterocycles. The molecule has 17 rings (SSSR count). The summed E-state index contributed by atoms with van der Waals surface area (Å²) in [5.74, 6) is -1.24. The van der Waals surface area contributed by atoms with E-state index in [0.29, 0.717) is 105 Å². The molecule has 1 aliphatic carbocycles. The third kappa shape index (κ3) is 15.3. The molecule has 0 bridgehead atoms. The number of piperidine rings is 6.